The molecule has 0 radical (unpaired) electrons. The molecule has 8 nitrogen and oxygen atoms in total. The van der Waals surface area contributed by atoms with E-state index in [4.69, 9.17) is 23.4 Å². The fourth-order valence-electron chi connectivity index (χ4n) is 8.96. The maximum atomic E-state index is 12.9. The molecule has 3 unspecified atom stereocenters. The Hall–Kier alpha value is -2.24. The lowest BCUT2D eigenvalue weighted by atomic mass is 9.55. The highest BCUT2D eigenvalue weighted by Gasteiger charge is 2.69. The second-order valence-corrected chi connectivity index (χ2v) is 22.1. The van der Waals surface area contributed by atoms with Gasteiger partial charge in [0, 0.05) is 22.3 Å². The summed E-state index contributed by atoms with van der Waals surface area (Å²) in [6.07, 6.45) is 2.03. The van der Waals surface area contributed by atoms with Gasteiger partial charge in [-0.15, -0.1) is 0 Å². The molecule has 3 aliphatic carbocycles. The molecule has 2 bridgehead atoms. The van der Waals surface area contributed by atoms with Crippen LogP contribution < -0.4 is 4.74 Å². The predicted molar refractivity (Wildman–Crippen MR) is 191 cm³/mol. The molecule has 2 aromatic carbocycles. The highest BCUT2D eigenvalue weighted by Crippen LogP contribution is 2.64. The fourth-order valence-corrected chi connectivity index (χ4v) is 10.4. The highest BCUT2D eigenvalue weighted by atomic mass is 28.4. The minimum absolute atomic E-state index is 0.0594. The first-order valence-electron chi connectivity index (χ1n) is 18.0. The molecule has 0 aromatic heterocycles. The molecule has 9 heteroatoms. The molecule has 3 fully saturated rings. The van der Waals surface area contributed by atoms with Crippen LogP contribution in [0.5, 0.6) is 5.75 Å². The van der Waals surface area contributed by atoms with Crippen molar-refractivity contribution in [2.45, 2.75) is 128 Å². The molecule has 0 amide bonds. The number of ether oxygens (including phenoxy) is 4. The van der Waals surface area contributed by atoms with Gasteiger partial charge in [0.05, 0.1) is 37.6 Å². The van der Waals surface area contributed by atoms with Crippen molar-refractivity contribution in [3.8, 4) is 5.75 Å². The standard InChI is InChI=1S/C40H58O8Si/c1-36(2,3)49(8,9)48-31-20-21-39(42,25-41)30-23-32(45-24-26-13-11-10-12-14-26)40(43)22-19-29(37(40,4)5)33-34(38(30,31)6)47-35(46-33)27-15-17-28(44-7)18-16-27/h10-18,23,29-31,33-35,41-43H,19-22,24-25H2,1-9H3/b32-23+/t29?,30-,31-,33+,34+,35?,38-,39+,40?/m0/s1. The summed E-state index contributed by atoms with van der Waals surface area (Å²) in [5, 5.41) is 36.3. The number of benzene rings is 2. The van der Waals surface area contributed by atoms with Crippen LogP contribution >= 0.6 is 0 Å². The lowest BCUT2D eigenvalue weighted by Crippen LogP contribution is -2.66. The number of methoxy groups -OCH3 is 1. The molecule has 2 saturated carbocycles. The average Bonchev–Trinajstić information content (AvgIpc) is 3.60. The number of rotatable bonds is 8. The zero-order valence-corrected chi connectivity index (χ0v) is 31.9. The van der Waals surface area contributed by atoms with Crippen molar-refractivity contribution in [1.29, 1.82) is 0 Å². The number of hydrogen-bond acceptors (Lipinski definition) is 8. The van der Waals surface area contributed by atoms with Crippen molar-refractivity contribution in [3.63, 3.8) is 0 Å². The molecule has 0 spiro atoms. The van der Waals surface area contributed by atoms with E-state index in [-0.39, 0.29) is 23.7 Å². The summed E-state index contributed by atoms with van der Waals surface area (Å²) in [6.45, 7) is 17.4. The van der Waals surface area contributed by atoms with Gasteiger partial charge in [-0.3, -0.25) is 0 Å². The maximum Gasteiger partial charge on any atom is 0.192 e. The van der Waals surface area contributed by atoms with Crippen molar-refractivity contribution >= 4 is 8.32 Å². The summed E-state index contributed by atoms with van der Waals surface area (Å²) < 4.78 is 33.6. The maximum absolute atomic E-state index is 12.9. The second kappa shape index (κ2) is 12.8. The van der Waals surface area contributed by atoms with Crippen LogP contribution in [0, 0.1) is 22.7 Å². The van der Waals surface area contributed by atoms with Crippen molar-refractivity contribution < 1.29 is 38.7 Å². The average molecular weight is 695 g/mol. The Labute approximate surface area is 293 Å². The smallest absolute Gasteiger partial charge is 0.192 e. The lowest BCUT2D eigenvalue weighted by Gasteiger charge is -2.58. The molecule has 1 saturated heterocycles. The summed E-state index contributed by atoms with van der Waals surface area (Å²) in [5.41, 5.74) is -2.59. The third-order valence-corrected chi connectivity index (χ3v) is 17.8. The van der Waals surface area contributed by atoms with Crippen LogP contribution in [0.3, 0.4) is 0 Å². The molecule has 2 aromatic rings. The first kappa shape index (κ1) is 36.5. The Balaban J connectivity index is 1.55. The predicted octanol–water partition coefficient (Wildman–Crippen LogP) is 7.29. The molecule has 9 atom stereocenters. The molecule has 1 aliphatic heterocycles. The van der Waals surface area contributed by atoms with Crippen molar-refractivity contribution in [1.82, 2.24) is 0 Å². The van der Waals surface area contributed by atoms with Crippen LogP contribution in [0.2, 0.25) is 18.1 Å². The summed E-state index contributed by atoms with van der Waals surface area (Å²) >= 11 is 0. The largest absolute Gasteiger partial charge is 0.497 e. The van der Waals surface area contributed by atoms with E-state index < -0.39 is 61.4 Å². The molecule has 6 rings (SSSR count). The van der Waals surface area contributed by atoms with E-state index in [1.807, 2.05) is 60.7 Å². The number of aliphatic hydroxyl groups excluding tert-OH is 1. The minimum Gasteiger partial charge on any atom is -0.497 e. The van der Waals surface area contributed by atoms with E-state index in [9.17, 15) is 15.3 Å². The normalized spacial score (nSPS) is 38.3. The van der Waals surface area contributed by atoms with Crippen molar-refractivity contribution in [2.24, 2.45) is 22.7 Å². The third-order valence-electron chi connectivity index (χ3n) is 13.3. The van der Waals surface area contributed by atoms with Crippen molar-refractivity contribution in [2.75, 3.05) is 13.7 Å². The van der Waals surface area contributed by atoms with E-state index in [0.717, 1.165) is 16.9 Å². The van der Waals surface area contributed by atoms with Gasteiger partial charge in [0.15, 0.2) is 14.6 Å². The van der Waals surface area contributed by atoms with Crippen LogP contribution in [0.25, 0.3) is 0 Å². The zero-order valence-electron chi connectivity index (χ0n) is 30.9. The minimum atomic E-state index is -2.34. The molecule has 270 valence electrons. The molecule has 49 heavy (non-hydrogen) atoms. The van der Waals surface area contributed by atoms with Gasteiger partial charge in [-0.05, 0) is 73.5 Å². The second-order valence-electron chi connectivity index (χ2n) is 17.3. The van der Waals surface area contributed by atoms with Gasteiger partial charge in [0.2, 0.25) is 0 Å². The van der Waals surface area contributed by atoms with Gasteiger partial charge in [-0.25, -0.2) is 0 Å². The van der Waals surface area contributed by atoms with Gasteiger partial charge in [-0.1, -0.05) is 84.0 Å². The number of fused-ring (bicyclic) bond motifs is 6. The first-order chi connectivity index (χ1) is 22.9. The Kier molecular flexibility index (Phi) is 9.52. The monoisotopic (exact) mass is 694 g/mol. The molecule has 3 N–H and O–H groups in total. The van der Waals surface area contributed by atoms with E-state index >= 15 is 0 Å². The third kappa shape index (κ3) is 6.01. The van der Waals surface area contributed by atoms with Gasteiger partial charge >= 0.3 is 0 Å². The van der Waals surface area contributed by atoms with Gasteiger partial charge in [-0.2, -0.15) is 0 Å². The Morgan fingerprint density at radius 3 is 2.20 bits per heavy atom. The van der Waals surface area contributed by atoms with Gasteiger partial charge < -0.3 is 38.7 Å². The lowest BCUT2D eigenvalue weighted by molar-refractivity contribution is -0.200. The van der Waals surface area contributed by atoms with E-state index in [1.165, 1.54) is 0 Å². The van der Waals surface area contributed by atoms with Crippen LogP contribution in [0.4, 0.5) is 0 Å². The quantitative estimate of drug-likeness (QED) is 0.248. The van der Waals surface area contributed by atoms with Crippen molar-refractivity contribution in [3.05, 3.63) is 77.6 Å². The van der Waals surface area contributed by atoms with Crippen LogP contribution in [-0.4, -0.2) is 66.9 Å². The van der Waals surface area contributed by atoms with Crippen LogP contribution in [0.15, 0.2) is 66.4 Å². The molecule has 4 aliphatic rings. The van der Waals surface area contributed by atoms with E-state index in [2.05, 4.69) is 54.6 Å². The molecular formula is C40H58O8Si. The Morgan fingerprint density at radius 2 is 1.59 bits per heavy atom. The number of aliphatic hydroxyl groups is 3. The van der Waals surface area contributed by atoms with Crippen LogP contribution in [0.1, 0.15) is 84.6 Å². The summed E-state index contributed by atoms with van der Waals surface area (Å²) in [7, 11) is -0.696. The number of hydrogen-bond donors (Lipinski definition) is 3. The summed E-state index contributed by atoms with van der Waals surface area (Å²) in [6, 6.07) is 17.7. The topological polar surface area (TPSA) is 107 Å². The Morgan fingerprint density at radius 1 is 0.918 bits per heavy atom. The zero-order chi connectivity index (χ0) is 35.6. The summed E-state index contributed by atoms with van der Waals surface area (Å²) in [5.74, 6) is 0.382. The first-order valence-corrected chi connectivity index (χ1v) is 20.9. The molecular weight excluding hydrogens is 637 g/mol. The highest BCUT2D eigenvalue weighted by molar-refractivity contribution is 6.74. The van der Waals surface area contributed by atoms with Gasteiger partial charge in [0.25, 0.3) is 0 Å². The molecule has 1 heterocycles. The fraction of sp³-hybridized carbons (Fsp3) is 0.650. The van der Waals surface area contributed by atoms with E-state index in [1.54, 1.807) is 7.11 Å². The van der Waals surface area contributed by atoms with E-state index in [0.29, 0.717) is 31.4 Å². The summed E-state index contributed by atoms with van der Waals surface area (Å²) in [4.78, 5) is 0. The van der Waals surface area contributed by atoms with Crippen LogP contribution in [-0.2, 0) is 25.2 Å². The SMILES string of the molecule is COc1ccc(C2O[C@@H]3C4CCC(O)(/C(OCc5ccccc5)=C\[C@@H]5[C@](O)(CO)CC[C@H](O[Si](C)(C)C(C)(C)C)[C@@]5(C)[C@@H]3O2)C4(C)C)cc1. The van der Waals surface area contributed by atoms with Gasteiger partial charge in [0.1, 0.15) is 23.7 Å². The Bertz CT molecular complexity index is 1500.